The molecule has 4 nitrogen and oxygen atoms in total. The number of rotatable bonds is 4. The van der Waals surface area contributed by atoms with Gasteiger partial charge in [-0.1, -0.05) is 35.9 Å². The summed E-state index contributed by atoms with van der Waals surface area (Å²) in [5.41, 5.74) is 3.42. The van der Waals surface area contributed by atoms with E-state index in [1.807, 2.05) is 31.2 Å². The van der Waals surface area contributed by atoms with Gasteiger partial charge in [0.05, 0.1) is 12.0 Å². The standard InChI is InChI=1S/C17H17NO3/c1-11-3-6-13(7-4-11)9-16(19)18-14-8-5-12(2)15(10-14)17(20)21/h3-8,10H,9H2,1-2H3,(H,18,19)(H,20,21). The molecule has 0 heterocycles. The van der Waals surface area contributed by atoms with E-state index >= 15 is 0 Å². The van der Waals surface area contributed by atoms with Crippen LogP contribution in [-0.4, -0.2) is 17.0 Å². The van der Waals surface area contributed by atoms with E-state index in [-0.39, 0.29) is 17.9 Å². The quantitative estimate of drug-likeness (QED) is 0.905. The number of aryl methyl sites for hydroxylation is 2. The van der Waals surface area contributed by atoms with Gasteiger partial charge < -0.3 is 10.4 Å². The number of hydrogen-bond donors (Lipinski definition) is 2. The molecule has 0 aliphatic carbocycles. The lowest BCUT2D eigenvalue weighted by molar-refractivity contribution is -0.115. The minimum absolute atomic E-state index is 0.168. The second-order valence-electron chi connectivity index (χ2n) is 5.05. The van der Waals surface area contributed by atoms with Crippen LogP contribution >= 0.6 is 0 Å². The molecule has 0 aromatic heterocycles. The number of amides is 1. The summed E-state index contributed by atoms with van der Waals surface area (Å²) >= 11 is 0. The second kappa shape index (κ2) is 6.22. The highest BCUT2D eigenvalue weighted by atomic mass is 16.4. The molecule has 4 heteroatoms. The van der Waals surface area contributed by atoms with E-state index in [1.165, 1.54) is 6.07 Å². The number of hydrogen-bond acceptors (Lipinski definition) is 2. The van der Waals surface area contributed by atoms with Crippen LogP contribution in [0.3, 0.4) is 0 Å². The Bertz CT molecular complexity index is 675. The fourth-order valence-corrected chi connectivity index (χ4v) is 2.03. The Kier molecular flexibility index (Phi) is 4.38. The maximum Gasteiger partial charge on any atom is 0.336 e. The van der Waals surface area contributed by atoms with Crippen molar-refractivity contribution in [3.05, 3.63) is 64.7 Å². The highest BCUT2D eigenvalue weighted by molar-refractivity contribution is 5.95. The van der Waals surface area contributed by atoms with E-state index in [9.17, 15) is 9.59 Å². The monoisotopic (exact) mass is 283 g/mol. The van der Waals surface area contributed by atoms with Crippen molar-refractivity contribution in [2.24, 2.45) is 0 Å². The molecule has 2 rings (SSSR count). The molecule has 0 atom stereocenters. The van der Waals surface area contributed by atoms with Crippen molar-refractivity contribution in [2.45, 2.75) is 20.3 Å². The Hall–Kier alpha value is -2.62. The number of anilines is 1. The minimum Gasteiger partial charge on any atom is -0.478 e. The maximum atomic E-state index is 12.0. The molecule has 0 spiro atoms. The predicted molar refractivity (Wildman–Crippen MR) is 81.7 cm³/mol. The largest absolute Gasteiger partial charge is 0.478 e. The van der Waals surface area contributed by atoms with Gasteiger partial charge in [0.2, 0.25) is 5.91 Å². The molecule has 21 heavy (non-hydrogen) atoms. The summed E-state index contributed by atoms with van der Waals surface area (Å²) in [5, 5.41) is 11.8. The SMILES string of the molecule is Cc1ccc(CC(=O)Nc2ccc(C)c(C(=O)O)c2)cc1. The van der Waals surface area contributed by atoms with Crippen molar-refractivity contribution in [1.29, 1.82) is 0 Å². The summed E-state index contributed by atoms with van der Waals surface area (Å²) in [4.78, 5) is 23.0. The third-order valence-electron chi connectivity index (χ3n) is 3.24. The highest BCUT2D eigenvalue weighted by Crippen LogP contribution is 2.16. The van der Waals surface area contributed by atoms with Crippen LogP contribution in [0.4, 0.5) is 5.69 Å². The van der Waals surface area contributed by atoms with E-state index < -0.39 is 5.97 Å². The zero-order valence-electron chi connectivity index (χ0n) is 12.0. The topological polar surface area (TPSA) is 66.4 Å². The summed E-state index contributed by atoms with van der Waals surface area (Å²) in [6, 6.07) is 12.6. The molecule has 2 aromatic rings. The smallest absolute Gasteiger partial charge is 0.336 e. The van der Waals surface area contributed by atoms with Gasteiger partial charge in [-0.15, -0.1) is 0 Å². The van der Waals surface area contributed by atoms with E-state index in [0.717, 1.165) is 11.1 Å². The summed E-state index contributed by atoms with van der Waals surface area (Å²) < 4.78 is 0. The third-order valence-corrected chi connectivity index (χ3v) is 3.24. The fourth-order valence-electron chi connectivity index (χ4n) is 2.03. The van der Waals surface area contributed by atoms with Gasteiger partial charge in [-0.25, -0.2) is 4.79 Å². The Labute approximate surface area is 123 Å². The van der Waals surface area contributed by atoms with Crippen LogP contribution in [0.1, 0.15) is 27.0 Å². The van der Waals surface area contributed by atoms with Crippen molar-refractivity contribution in [2.75, 3.05) is 5.32 Å². The Morgan fingerprint density at radius 3 is 2.33 bits per heavy atom. The number of carbonyl (C=O) groups is 2. The minimum atomic E-state index is -0.998. The van der Waals surface area contributed by atoms with Gasteiger partial charge in [-0.3, -0.25) is 4.79 Å². The molecule has 1 amide bonds. The number of benzene rings is 2. The number of aromatic carboxylic acids is 1. The molecule has 0 saturated heterocycles. The lowest BCUT2D eigenvalue weighted by Crippen LogP contribution is -2.15. The van der Waals surface area contributed by atoms with E-state index in [4.69, 9.17) is 5.11 Å². The van der Waals surface area contributed by atoms with Gasteiger partial charge in [0, 0.05) is 5.69 Å². The Balaban J connectivity index is 2.07. The summed E-state index contributed by atoms with van der Waals surface area (Å²) in [6.07, 6.45) is 0.260. The van der Waals surface area contributed by atoms with Gasteiger partial charge in [0.15, 0.2) is 0 Å². The van der Waals surface area contributed by atoms with Crippen molar-refractivity contribution >= 4 is 17.6 Å². The fraction of sp³-hybridized carbons (Fsp3) is 0.176. The summed E-state index contributed by atoms with van der Waals surface area (Å²) in [7, 11) is 0. The molecule has 0 bridgehead atoms. The lowest BCUT2D eigenvalue weighted by atomic mass is 10.1. The van der Waals surface area contributed by atoms with Crippen LogP contribution in [0.5, 0.6) is 0 Å². The Morgan fingerprint density at radius 2 is 1.71 bits per heavy atom. The van der Waals surface area contributed by atoms with Crippen molar-refractivity contribution < 1.29 is 14.7 Å². The number of nitrogens with one attached hydrogen (secondary N) is 1. The molecule has 0 aliphatic rings. The lowest BCUT2D eigenvalue weighted by Gasteiger charge is -2.08. The number of carboxylic acid groups (broad SMARTS) is 1. The van der Waals surface area contributed by atoms with E-state index in [2.05, 4.69) is 5.32 Å². The first-order valence-corrected chi connectivity index (χ1v) is 6.65. The average Bonchev–Trinajstić information content (AvgIpc) is 2.43. The Morgan fingerprint density at radius 1 is 1.05 bits per heavy atom. The first-order chi connectivity index (χ1) is 9.95. The molecule has 0 radical (unpaired) electrons. The molecule has 0 saturated carbocycles. The predicted octanol–water partition coefficient (Wildman–Crippen LogP) is 3.18. The van der Waals surface area contributed by atoms with Crippen molar-refractivity contribution in [3.63, 3.8) is 0 Å². The molecule has 2 N–H and O–H groups in total. The van der Waals surface area contributed by atoms with Crippen molar-refractivity contribution in [3.8, 4) is 0 Å². The first kappa shape index (κ1) is 14.8. The van der Waals surface area contributed by atoms with Crippen LogP contribution < -0.4 is 5.32 Å². The van der Waals surface area contributed by atoms with Crippen LogP contribution in [0.25, 0.3) is 0 Å². The number of carbonyl (C=O) groups excluding carboxylic acids is 1. The van der Waals surface area contributed by atoms with Gasteiger partial charge >= 0.3 is 5.97 Å². The molecule has 0 aliphatic heterocycles. The maximum absolute atomic E-state index is 12.0. The molecular weight excluding hydrogens is 266 g/mol. The highest BCUT2D eigenvalue weighted by Gasteiger charge is 2.10. The number of carboxylic acids is 1. The zero-order valence-corrected chi connectivity index (χ0v) is 12.0. The zero-order chi connectivity index (χ0) is 15.4. The third kappa shape index (κ3) is 3.92. The molecule has 108 valence electrons. The molecular formula is C17H17NO3. The van der Waals surface area contributed by atoms with Crippen molar-refractivity contribution in [1.82, 2.24) is 0 Å². The normalized spacial score (nSPS) is 10.2. The van der Waals surface area contributed by atoms with Gasteiger partial charge in [0.1, 0.15) is 0 Å². The van der Waals surface area contributed by atoms with E-state index in [1.54, 1.807) is 19.1 Å². The average molecular weight is 283 g/mol. The first-order valence-electron chi connectivity index (χ1n) is 6.65. The van der Waals surface area contributed by atoms with Gasteiger partial charge in [0.25, 0.3) is 0 Å². The molecule has 2 aromatic carbocycles. The van der Waals surface area contributed by atoms with Crippen LogP contribution in [0.15, 0.2) is 42.5 Å². The van der Waals surface area contributed by atoms with Crippen LogP contribution in [0.2, 0.25) is 0 Å². The van der Waals surface area contributed by atoms with Gasteiger partial charge in [-0.05, 0) is 37.1 Å². The summed E-state index contributed by atoms with van der Waals surface area (Å²) in [6.45, 7) is 3.71. The van der Waals surface area contributed by atoms with Gasteiger partial charge in [-0.2, -0.15) is 0 Å². The van der Waals surface area contributed by atoms with Crippen LogP contribution in [0, 0.1) is 13.8 Å². The van der Waals surface area contributed by atoms with Crippen LogP contribution in [-0.2, 0) is 11.2 Å². The second-order valence-corrected chi connectivity index (χ2v) is 5.05. The summed E-state index contributed by atoms with van der Waals surface area (Å²) in [5.74, 6) is -1.17. The van der Waals surface area contributed by atoms with E-state index in [0.29, 0.717) is 11.3 Å². The molecule has 0 fully saturated rings. The molecule has 0 unspecified atom stereocenters.